The zero-order chi connectivity index (χ0) is 12.7. The van der Waals surface area contributed by atoms with E-state index in [-0.39, 0.29) is 6.10 Å². The molecule has 0 aromatic rings. The summed E-state index contributed by atoms with van der Waals surface area (Å²) in [4.78, 5) is 0. The molecular weight excluding hydrogens is 232 g/mol. The first-order chi connectivity index (χ1) is 8.22. The lowest BCUT2D eigenvalue weighted by Gasteiger charge is -2.37. The van der Waals surface area contributed by atoms with E-state index in [0.717, 1.165) is 12.8 Å². The zero-order valence-electron chi connectivity index (χ0n) is 11.0. The normalized spacial score (nSPS) is 18.3. The predicted molar refractivity (Wildman–Crippen MR) is 71.9 cm³/mol. The molecule has 0 aliphatic heterocycles. The highest BCUT2D eigenvalue weighted by molar-refractivity contribution is 6.62. The van der Waals surface area contributed by atoms with Crippen molar-refractivity contribution in [2.75, 3.05) is 14.2 Å². The lowest BCUT2D eigenvalue weighted by atomic mass is 10.0. The van der Waals surface area contributed by atoms with E-state index in [1.165, 1.54) is 19.3 Å². The molecule has 1 fully saturated rings. The highest BCUT2D eigenvalue weighted by Crippen LogP contribution is 2.38. The molecule has 0 unspecified atom stereocenters. The van der Waals surface area contributed by atoms with E-state index in [2.05, 4.69) is 13.2 Å². The van der Waals surface area contributed by atoms with Crippen molar-refractivity contribution in [1.29, 1.82) is 0 Å². The molecule has 1 aliphatic carbocycles. The molecule has 4 heteroatoms. The average Bonchev–Trinajstić information content (AvgIpc) is 2.42. The van der Waals surface area contributed by atoms with E-state index >= 15 is 0 Å². The molecule has 0 N–H and O–H groups in total. The lowest BCUT2D eigenvalue weighted by molar-refractivity contribution is 0.0729. The van der Waals surface area contributed by atoms with Gasteiger partial charge in [-0.3, -0.25) is 0 Å². The first-order valence-electron chi connectivity index (χ1n) is 6.25. The molecule has 0 spiro atoms. The molecule has 0 bridgehead atoms. The van der Waals surface area contributed by atoms with Crippen molar-refractivity contribution in [2.45, 2.75) is 43.7 Å². The van der Waals surface area contributed by atoms with Gasteiger partial charge in [0.05, 0.1) is 6.10 Å². The van der Waals surface area contributed by atoms with Gasteiger partial charge in [0.1, 0.15) is 0 Å². The second-order valence-corrected chi connectivity index (χ2v) is 7.48. The molecule has 17 heavy (non-hydrogen) atoms. The minimum Gasteiger partial charge on any atom is -0.377 e. The summed E-state index contributed by atoms with van der Waals surface area (Å²) >= 11 is 0. The fourth-order valence-corrected chi connectivity index (χ4v) is 5.35. The molecule has 3 nitrogen and oxygen atoms in total. The monoisotopic (exact) mass is 256 g/mol. The Kier molecular flexibility index (Phi) is 6.12. The Morgan fingerprint density at radius 1 is 1.06 bits per heavy atom. The Morgan fingerprint density at radius 3 is 2.00 bits per heavy atom. The van der Waals surface area contributed by atoms with Gasteiger partial charge in [-0.1, -0.05) is 31.4 Å². The van der Waals surface area contributed by atoms with Crippen molar-refractivity contribution in [3.63, 3.8) is 0 Å². The van der Waals surface area contributed by atoms with Gasteiger partial charge in [0.15, 0.2) is 0 Å². The van der Waals surface area contributed by atoms with Crippen molar-refractivity contribution >= 4 is 8.80 Å². The molecule has 1 aliphatic rings. The second kappa shape index (κ2) is 7.11. The maximum atomic E-state index is 6.03. The maximum absolute atomic E-state index is 6.03. The Labute approximate surface area is 106 Å². The highest BCUT2D eigenvalue weighted by atomic mass is 28.4. The molecule has 0 amide bonds. The molecule has 0 saturated heterocycles. The van der Waals surface area contributed by atoms with Crippen LogP contribution in [0.3, 0.4) is 0 Å². The Balaban J connectivity index is 2.78. The standard InChI is InChI=1S/C13H24O3Si/c1-5-12(6-2)16-17(14-3,15-4)13-10-8-7-9-11-13/h5-6,12-13H,1-2,7-11H2,3-4H3. The Bertz CT molecular complexity index is 237. The average molecular weight is 256 g/mol. The molecular formula is C13H24O3Si. The third-order valence-electron chi connectivity index (χ3n) is 3.44. The maximum Gasteiger partial charge on any atom is 0.504 e. The van der Waals surface area contributed by atoms with E-state index in [1.54, 1.807) is 26.4 Å². The summed E-state index contributed by atoms with van der Waals surface area (Å²) in [6.45, 7) is 7.49. The van der Waals surface area contributed by atoms with Crippen LogP contribution < -0.4 is 0 Å². The topological polar surface area (TPSA) is 27.7 Å². The number of hydrogen-bond donors (Lipinski definition) is 0. The highest BCUT2D eigenvalue weighted by Gasteiger charge is 2.49. The van der Waals surface area contributed by atoms with Crippen molar-refractivity contribution in [3.8, 4) is 0 Å². The van der Waals surface area contributed by atoms with Gasteiger partial charge in [-0.05, 0) is 12.8 Å². The smallest absolute Gasteiger partial charge is 0.377 e. The van der Waals surface area contributed by atoms with Crippen LogP contribution in [0.2, 0.25) is 5.54 Å². The molecule has 98 valence electrons. The fraction of sp³-hybridized carbons (Fsp3) is 0.692. The Morgan fingerprint density at radius 2 is 1.59 bits per heavy atom. The largest absolute Gasteiger partial charge is 0.504 e. The van der Waals surface area contributed by atoms with Crippen LogP contribution in [0.5, 0.6) is 0 Å². The summed E-state index contributed by atoms with van der Waals surface area (Å²) in [5.41, 5.74) is 0.411. The van der Waals surface area contributed by atoms with Crippen LogP contribution in [0, 0.1) is 0 Å². The molecule has 0 atom stereocenters. The zero-order valence-corrected chi connectivity index (χ0v) is 12.0. The van der Waals surface area contributed by atoms with Gasteiger partial charge in [-0.15, -0.1) is 13.2 Å². The van der Waals surface area contributed by atoms with Gasteiger partial charge >= 0.3 is 8.80 Å². The number of rotatable bonds is 7. The van der Waals surface area contributed by atoms with E-state index in [4.69, 9.17) is 13.3 Å². The third kappa shape index (κ3) is 3.52. The van der Waals surface area contributed by atoms with Gasteiger partial charge in [0.25, 0.3) is 0 Å². The lowest BCUT2D eigenvalue weighted by Crippen LogP contribution is -2.51. The van der Waals surface area contributed by atoms with Crippen LogP contribution in [0.25, 0.3) is 0 Å². The van der Waals surface area contributed by atoms with Gasteiger partial charge < -0.3 is 13.3 Å². The minimum absolute atomic E-state index is 0.191. The van der Waals surface area contributed by atoms with Crippen LogP contribution in [-0.4, -0.2) is 29.1 Å². The molecule has 1 rings (SSSR count). The summed E-state index contributed by atoms with van der Waals surface area (Å²) in [5, 5.41) is 0. The summed E-state index contributed by atoms with van der Waals surface area (Å²) in [6.07, 6.45) is 9.32. The fourth-order valence-electron chi connectivity index (χ4n) is 2.45. The van der Waals surface area contributed by atoms with E-state index in [1.807, 2.05) is 0 Å². The molecule has 1 saturated carbocycles. The molecule has 0 heterocycles. The van der Waals surface area contributed by atoms with Gasteiger partial charge in [0.2, 0.25) is 0 Å². The number of hydrogen-bond acceptors (Lipinski definition) is 3. The van der Waals surface area contributed by atoms with E-state index in [9.17, 15) is 0 Å². The SMILES string of the molecule is C=CC(C=C)O[Si](OC)(OC)C1CCCCC1. The minimum atomic E-state index is -2.59. The quantitative estimate of drug-likeness (QED) is 0.516. The Hall–Kier alpha value is -0.423. The first-order valence-corrected chi connectivity index (χ1v) is 8.06. The van der Waals surface area contributed by atoms with Crippen LogP contribution in [0.4, 0.5) is 0 Å². The van der Waals surface area contributed by atoms with Gasteiger partial charge in [-0.25, -0.2) is 0 Å². The molecule has 0 radical (unpaired) electrons. The predicted octanol–water partition coefficient (Wildman–Crippen LogP) is 3.31. The van der Waals surface area contributed by atoms with Crippen molar-refractivity contribution in [3.05, 3.63) is 25.3 Å². The summed E-state index contributed by atoms with van der Waals surface area (Å²) in [5.74, 6) is 0. The van der Waals surface area contributed by atoms with Crippen molar-refractivity contribution in [2.24, 2.45) is 0 Å². The van der Waals surface area contributed by atoms with Crippen LogP contribution in [0.1, 0.15) is 32.1 Å². The summed E-state index contributed by atoms with van der Waals surface area (Å²) < 4.78 is 17.4. The first kappa shape index (κ1) is 14.6. The summed E-state index contributed by atoms with van der Waals surface area (Å²) in [7, 11) is 0.786. The summed E-state index contributed by atoms with van der Waals surface area (Å²) in [6, 6.07) is 0. The van der Waals surface area contributed by atoms with E-state index in [0.29, 0.717) is 5.54 Å². The third-order valence-corrected chi connectivity index (χ3v) is 6.76. The van der Waals surface area contributed by atoms with Crippen LogP contribution in [0.15, 0.2) is 25.3 Å². The van der Waals surface area contributed by atoms with E-state index < -0.39 is 8.80 Å². The van der Waals surface area contributed by atoms with Crippen LogP contribution >= 0.6 is 0 Å². The van der Waals surface area contributed by atoms with Gasteiger partial charge in [-0.2, -0.15) is 0 Å². The second-order valence-electron chi connectivity index (χ2n) is 4.40. The molecule has 0 aromatic carbocycles. The van der Waals surface area contributed by atoms with Crippen LogP contribution in [-0.2, 0) is 13.3 Å². The van der Waals surface area contributed by atoms with Crippen molar-refractivity contribution in [1.82, 2.24) is 0 Å². The van der Waals surface area contributed by atoms with Crippen molar-refractivity contribution < 1.29 is 13.3 Å². The van der Waals surface area contributed by atoms with Gasteiger partial charge in [0, 0.05) is 19.8 Å². The molecule has 0 aromatic heterocycles.